The summed E-state index contributed by atoms with van der Waals surface area (Å²) in [5, 5.41) is 0. The first kappa shape index (κ1) is 12.2. The van der Waals surface area contributed by atoms with Gasteiger partial charge in [-0.05, 0) is 30.9 Å². The molecule has 5 heteroatoms. The van der Waals surface area contributed by atoms with Crippen LogP contribution in [-0.2, 0) is 15.9 Å². The molecule has 1 saturated heterocycles. The van der Waals surface area contributed by atoms with Gasteiger partial charge in [0, 0.05) is 25.6 Å². The molecule has 3 heterocycles. The van der Waals surface area contributed by atoms with Gasteiger partial charge in [-0.25, -0.2) is 9.78 Å². The highest BCUT2D eigenvalue weighted by atomic mass is 16.5. The first-order valence-corrected chi connectivity index (χ1v) is 6.40. The third kappa shape index (κ3) is 2.33. The highest BCUT2D eigenvalue weighted by Crippen LogP contribution is 2.19. The number of nitrogens with zero attached hydrogens (tertiary/aromatic N) is 2. The summed E-state index contributed by atoms with van der Waals surface area (Å²) >= 11 is 0. The van der Waals surface area contributed by atoms with Crippen molar-refractivity contribution >= 4 is 11.6 Å². The number of hydrogen-bond donors (Lipinski definition) is 0. The predicted octanol–water partition coefficient (Wildman–Crippen LogP) is 1.70. The van der Waals surface area contributed by atoms with Crippen molar-refractivity contribution in [1.82, 2.24) is 9.38 Å². The number of methoxy groups -OCH3 is 1. The number of pyridine rings is 1. The monoisotopic (exact) mass is 260 g/mol. The molecule has 1 unspecified atom stereocenters. The fourth-order valence-electron chi connectivity index (χ4n) is 2.47. The van der Waals surface area contributed by atoms with Crippen molar-refractivity contribution in [2.45, 2.75) is 12.8 Å². The fraction of sp³-hybridized carbons (Fsp3) is 0.429. The van der Waals surface area contributed by atoms with E-state index in [0.717, 1.165) is 31.7 Å². The van der Waals surface area contributed by atoms with Gasteiger partial charge in [0.25, 0.3) is 0 Å². The second-order valence-electron chi connectivity index (χ2n) is 4.81. The van der Waals surface area contributed by atoms with Crippen molar-refractivity contribution in [3.05, 3.63) is 35.8 Å². The molecular formula is C14H16N2O3. The number of aromatic nitrogens is 2. The average Bonchev–Trinajstić information content (AvgIpc) is 3.06. The van der Waals surface area contributed by atoms with Crippen LogP contribution in [0.3, 0.4) is 0 Å². The van der Waals surface area contributed by atoms with Crippen molar-refractivity contribution in [3.8, 4) is 0 Å². The molecule has 0 N–H and O–H groups in total. The Bertz CT molecular complexity index is 600. The molecular weight excluding hydrogens is 244 g/mol. The second-order valence-corrected chi connectivity index (χ2v) is 4.81. The first-order valence-electron chi connectivity index (χ1n) is 6.40. The fourth-order valence-corrected chi connectivity index (χ4v) is 2.47. The van der Waals surface area contributed by atoms with Crippen LogP contribution in [0.25, 0.3) is 5.65 Å². The van der Waals surface area contributed by atoms with Crippen LogP contribution in [-0.4, -0.2) is 35.7 Å². The summed E-state index contributed by atoms with van der Waals surface area (Å²) in [5.41, 5.74) is 2.15. The van der Waals surface area contributed by atoms with Crippen molar-refractivity contribution < 1.29 is 14.3 Å². The Hall–Kier alpha value is -1.88. The van der Waals surface area contributed by atoms with E-state index in [1.165, 1.54) is 7.11 Å². The van der Waals surface area contributed by atoms with Crippen LogP contribution in [0.2, 0.25) is 0 Å². The van der Waals surface area contributed by atoms with Gasteiger partial charge in [-0.2, -0.15) is 0 Å². The molecule has 100 valence electrons. The SMILES string of the molecule is COC(=O)c1cccn2cc(CC3CCOC3)nc12. The van der Waals surface area contributed by atoms with E-state index in [9.17, 15) is 4.79 Å². The van der Waals surface area contributed by atoms with Gasteiger partial charge in [-0.3, -0.25) is 0 Å². The molecule has 19 heavy (non-hydrogen) atoms. The molecule has 0 amide bonds. The lowest BCUT2D eigenvalue weighted by atomic mass is 10.0. The molecule has 2 aromatic rings. The van der Waals surface area contributed by atoms with Crippen LogP contribution in [0.4, 0.5) is 0 Å². The van der Waals surface area contributed by atoms with Crippen LogP contribution in [0.15, 0.2) is 24.5 Å². The molecule has 1 aliphatic rings. The van der Waals surface area contributed by atoms with Crippen molar-refractivity contribution in [1.29, 1.82) is 0 Å². The number of rotatable bonds is 3. The lowest BCUT2D eigenvalue weighted by Crippen LogP contribution is -2.04. The van der Waals surface area contributed by atoms with E-state index in [-0.39, 0.29) is 5.97 Å². The summed E-state index contributed by atoms with van der Waals surface area (Å²) < 4.78 is 12.0. The molecule has 3 rings (SSSR count). The van der Waals surface area contributed by atoms with Gasteiger partial charge in [0.15, 0.2) is 5.65 Å². The molecule has 2 aromatic heterocycles. The standard InChI is InChI=1S/C14H16N2O3/c1-18-14(17)12-3-2-5-16-8-11(15-13(12)16)7-10-4-6-19-9-10/h2-3,5,8,10H,4,6-7,9H2,1H3. The number of ether oxygens (including phenoxy) is 2. The van der Waals surface area contributed by atoms with E-state index >= 15 is 0 Å². The zero-order valence-corrected chi connectivity index (χ0v) is 10.8. The van der Waals surface area contributed by atoms with E-state index < -0.39 is 0 Å². The third-order valence-electron chi connectivity index (χ3n) is 3.46. The Balaban J connectivity index is 1.93. The molecule has 0 aromatic carbocycles. The summed E-state index contributed by atoms with van der Waals surface area (Å²) in [6.45, 7) is 1.64. The molecule has 5 nitrogen and oxygen atoms in total. The quantitative estimate of drug-likeness (QED) is 0.788. The lowest BCUT2D eigenvalue weighted by molar-refractivity contribution is 0.0602. The number of hydrogen-bond acceptors (Lipinski definition) is 4. The zero-order chi connectivity index (χ0) is 13.2. The summed E-state index contributed by atoms with van der Waals surface area (Å²) in [7, 11) is 1.38. The van der Waals surface area contributed by atoms with Crippen LogP contribution in [0, 0.1) is 5.92 Å². The van der Waals surface area contributed by atoms with E-state index in [2.05, 4.69) is 4.98 Å². The van der Waals surface area contributed by atoms with E-state index in [0.29, 0.717) is 17.1 Å². The molecule has 1 atom stereocenters. The Morgan fingerprint density at radius 3 is 3.26 bits per heavy atom. The molecule has 1 fully saturated rings. The van der Waals surface area contributed by atoms with E-state index in [4.69, 9.17) is 9.47 Å². The summed E-state index contributed by atoms with van der Waals surface area (Å²) in [4.78, 5) is 16.2. The largest absolute Gasteiger partial charge is 0.465 e. The Morgan fingerprint density at radius 2 is 2.53 bits per heavy atom. The minimum absolute atomic E-state index is 0.355. The topological polar surface area (TPSA) is 52.8 Å². The van der Waals surface area contributed by atoms with Crippen LogP contribution < -0.4 is 0 Å². The molecule has 0 aliphatic carbocycles. The second kappa shape index (κ2) is 5.01. The van der Waals surface area contributed by atoms with Crippen LogP contribution in [0.1, 0.15) is 22.5 Å². The van der Waals surface area contributed by atoms with Gasteiger partial charge in [0.05, 0.1) is 12.8 Å². The molecule has 0 bridgehead atoms. The maximum Gasteiger partial charge on any atom is 0.341 e. The third-order valence-corrected chi connectivity index (χ3v) is 3.46. The average molecular weight is 260 g/mol. The van der Waals surface area contributed by atoms with Gasteiger partial charge in [-0.1, -0.05) is 0 Å². The molecule has 0 spiro atoms. The Morgan fingerprint density at radius 1 is 1.63 bits per heavy atom. The molecule has 1 aliphatic heterocycles. The van der Waals surface area contributed by atoms with E-state index in [1.54, 1.807) is 6.07 Å². The lowest BCUT2D eigenvalue weighted by Gasteiger charge is -2.02. The minimum atomic E-state index is -0.355. The Labute approximate surface area is 111 Å². The number of carbonyl (C=O) groups excluding carboxylic acids is 1. The van der Waals surface area contributed by atoms with Gasteiger partial charge in [0.1, 0.15) is 5.56 Å². The highest BCUT2D eigenvalue weighted by molar-refractivity contribution is 5.95. The van der Waals surface area contributed by atoms with Crippen LogP contribution in [0.5, 0.6) is 0 Å². The predicted molar refractivity (Wildman–Crippen MR) is 69.2 cm³/mol. The number of imidazole rings is 1. The van der Waals surface area contributed by atoms with Gasteiger partial charge in [-0.15, -0.1) is 0 Å². The van der Waals surface area contributed by atoms with E-state index in [1.807, 2.05) is 22.9 Å². The van der Waals surface area contributed by atoms with Crippen LogP contribution >= 0.6 is 0 Å². The highest BCUT2D eigenvalue weighted by Gasteiger charge is 2.19. The van der Waals surface area contributed by atoms with Gasteiger partial charge < -0.3 is 13.9 Å². The summed E-state index contributed by atoms with van der Waals surface area (Å²) in [5.74, 6) is 0.179. The zero-order valence-electron chi connectivity index (χ0n) is 10.8. The molecule has 0 saturated carbocycles. The molecule has 0 radical (unpaired) electrons. The maximum absolute atomic E-state index is 11.7. The van der Waals surface area contributed by atoms with Crippen molar-refractivity contribution in [2.75, 3.05) is 20.3 Å². The Kier molecular flexibility index (Phi) is 3.21. The van der Waals surface area contributed by atoms with Gasteiger partial charge in [0.2, 0.25) is 0 Å². The number of esters is 1. The van der Waals surface area contributed by atoms with Crippen molar-refractivity contribution in [3.63, 3.8) is 0 Å². The summed E-state index contributed by atoms with van der Waals surface area (Å²) in [6.07, 6.45) is 5.84. The summed E-state index contributed by atoms with van der Waals surface area (Å²) in [6, 6.07) is 3.56. The normalized spacial score (nSPS) is 18.9. The number of carbonyl (C=O) groups is 1. The van der Waals surface area contributed by atoms with Gasteiger partial charge >= 0.3 is 5.97 Å². The van der Waals surface area contributed by atoms with Crippen molar-refractivity contribution in [2.24, 2.45) is 5.92 Å². The maximum atomic E-state index is 11.7. The number of fused-ring (bicyclic) bond motifs is 1. The first-order chi connectivity index (χ1) is 9.28. The minimum Gasteiger partial charge on any atom is -0.465 e. The smallest absolute Gasteiger partial charge is 0.341 e.